The number of nitrogens with zero attached hydrogens (tertiary/aromatic N) is 3. The Morgan fingerprint density at radius 2 is 1.97 bits per heavy atom. The molecule has 0 fully saturated rings. The molecule has 0 bridgehead atoms. The van der Waals surface area contributed by atoms with Gasteiger partial charge in [-0.05, 0) is 19.1 Å². The van der Waals surface area contributed by atoms with Crippen molar-refractivity contribution in [3.8, 4) is 6.07 Å². The van der Waals surface area contributed by atoms with Gasteiger partial charge in [0.1, 0.15) is 6.07 Å². The van der Waals surface area contributed by atoms with E-state index in [2.05, 4.69) is 20.0 Å². The molecule has 0 spiro atoms. The Balaban J connectivity index is 1.99. The van der Waals surface area contributed by atoms with Crippen LogP contribution in [0.2, 0.25) is 0 Å². The van der Waals surface area contributed by atoms with Crippen molar-refractivity contribution in [2.45, 2.75) is 31.2 Å². The summed E-state index contributed by atoms with van der Waals surface area (Å²) < 4.78 is 86.7. The molecule has 2 heterocycles. The predicted octanol–water partition coefficient (Wildman–Crippen LogP) is 3.50. The van der Waals surface area contributed by atoms with E-state index in [4.69, 9.17) is 11.0 Å². The minimum atomic E-state index is -4.86. The smallest absolute Gasteiger partial charge is 0.425 e. The van der Waals surface area contributed by atoms with Crippen LogP contribution in [0.5, 0.6) is 0 Å². The van der Waals surface area contributed by atoms with Gasteiger partial charge in [-0.1, -0.05) is 0 Å². The maximum Gasteiger partial charge on any atom is 0.425 e. The van der Waals surface area contributed by atoms with Crippen LogP contribution in [0.1, 0.15) is 35.0 Å². The number of carbonyl (C=O) groups excluding carboxylic acids is 1. The molecular formula is C19H13F6N5O2. The highest BCUT2D eigenvalue weighted by molar-refractivity contribution is 6.03. The first-order valence-electron chi connectivity index (χ1n) is 8.79. The normalized spacial score (nSPS) is 20.7. The van der Waals surface area contributed by atoms with Crippen molar-refractivity contribution in [3.63, 3.8) is 0 Å². The molecular weight excluding hydrogens is 444 g/mol. The van der Waals surface area contributed by atoms with Gasteiger partial charge in [0.05, 0.1) is 11.1 Å². The fourth-order valence-corrected chi connectivity index (χ4v) is 3.13. The quantitative estimate of drug-likeness (QED) is 0.685. The van der Waals surface area contributed by atoms with Gasteiger partial charge in [0.2, 0.25) is 0 Å². The van der Waals surface area contributed by atoms with E-state index in [1.54, 1.807) is 6.07 Å². The Morgan fingerprint density at radius 3 is 2.56 bits per heavy atom. The Morgan fingerprint density at radius 1 is 1.28 bits per heavy atom. The summed E-state index contributed by atoms with van der Waals surface area (Å²) in [6.07, 6.45) is -7.28. The number of nitrogens with one attached hydrogen (secondary N) is 1. The summed E-state index contributed by atoms with van der Waals surface area (Å²) in [4.78, 5) is 19.5. The number of ether oxygens (including phenoxy) is 1. The Hall–Kier alpha value is -3.82. The van der Waals surface area contributed by atoms with Gasteiger partial charge in [0, 0.05) is 29.9 Å². The van der Waals surface area contributed by atoms with Gasteiger partial charge >= 0.3 is 6.18 Å². The lowest BCUT2D eigenvalue weighted by Gasteiger charge is -2.36. The molecule has 0 saturated heterocycles. The number of nitriles is 1. The molecule has 1 aliphatic heterocycles. The third-order valence-corrected chi connectivity index (χ3v) is 4.62. The topological polar surface area (TPSA) is 113 Å². The zero-order valence-electron chi connectivity index (χ0n) is 16.1. The molecule has 1 aromatic heterocycles. The molecule has 2 atom stereocenters. The summed E-state index contributed by atoms with van der Waals surface area (Å²) in [6.45, 7) is 1.09. The van der Waals surface area contributed by atoms with Crippen molar-refractivity contribution in [1.29, 1.82) is 5.26 Å². The largest absolute Gasteiger partial charge is 0.452 e. The summed E-state index contributed by atoms with van der Waals surface area (Å²) in [7, 11) is 0. The third-order valence-electron chi connectivity index (χ3n) is 4.62. The van der Waals surface area contributed by atoms with Crippen LogP contribution in [0.4, 0.5) is 32.0 Å². The zero-order chi connectivity index (χ0) is 23.8. The number of rotatable bonds is 3. The Labute approximate surface area is 176 Å². The second kappa shape index (κ2) is 8.03. The highest BCUT2D eigenvalue weighted by atomic mass is 19.4. The number of amides is 1. The fourth-order valence-electron chi connectivity index (χ4n) is 3.13. The molecule has 13 heteroatoms. The Kier molecular flexibility index (Phi) is 5.73. The summed E-state index contributed by atoms with van der Waals surface area (Å²) in [5, 5.41) is 10.8. The lowest BCUT2D eigenvalue weighted by molar-refractivity contribution is -0.208. The number of aromatic nitrogens is 1. The van der Waals surface area contributed by atoms with E-state index in [-0.39, 0.29) is 5.56 Å². The number of aliphatic imine (C=N–C) groups is 1. The second-order valence-corrected chi connectivity index (χ2v) is 7.02. The van der Waals surface area contributed by atoms with Crippen LogP contribution in [0.15, 0.2) is 29.4 Å². The zero-order valence-corrected chi connectivity index (χ0v) is 16.1. The molecule has 3 rings (SSSR count). The minimum absolute atomic E-state index is 0.156. The number of hydrogen-bond acceptors (Lipinski definition) is 6. The average Bonchev–Trinajstić information content (AvgIpc) is 2.68. The van der Waals surface area contributed by atoms with Gasteiger partial charge in [-0.15, -0.1) is 0 Å². The summed E-state index contributed by atoms with van der Waals surface area (Å²) in [5.74, 6) is -5.33. The lowest BCUT2D eigenvalue weighted by Crippen LogP contribution is -2.46. The average molecular weight is 457 g/mol. The standard InChI is InChI=1S/C19H13F6N5O2/c1-18(5-13(19(23,24)25)32-17(27)30-18)10-3-9(4-11(20)14(10)22)29-16(31)15-12(21)2-8(6-26)7-28-15/h2-4,7,13H,5H2,1H3,(H2,27,30)(H,29,31)/t13-,18-/m0/s1. The van der Waals surface area contributed by atoms with Crippen LogP contribution in [0.3, 0.4) is 0 Å². The van der Waals surface area contributed by atoms with E-state index < -0.39 is 70.6 Å². The van der Waals surface area contributed by atoms with Crippen molar-refractivity contribution >= 4 is 17.6 Å². The van der Waals surface area contributed by atoms with Crippen LogP contribution in [-0.4, -0.2) is 29.2 Å². The van der Waals surface area contributed by atoms with Crippen LogP contribution in [-0.2, 0) is 10.3 Å². The van der Waals surface area contributed by atoms with Crippen LogP contribution >= 0.6 is 0 Å². The third kappa shape index (κ3) is 4.43. The summed E-state index contributed by atoms with van der Waals surface area (Å²) >= 11 is 0. The molecule has 0 aliphatic carbocycles. The first-order chi connectivity index (χ1) is 14.8. The number of amidine groups is 1. The van der Waals surface area contributed by atoms with Gasteiger partial charge in [0.15, 0.2) is 29.2 Å². The number of halogens is 6. The number of nitrogens with two attached hydrogens (primary N) is 1. The van der Waals surface area contributed by atoms with E-state index in [9.17, 15) is 31.1 Å². The lowest BCUT2D eigenvalue weighted by atomic mass is 9.85. The molecule has 32 heavy (non-hydrogen) atoms. The van der Waals surface area contributed by atoms with Crippen LogP contribution < -0.4 is 11.1 Å². The molecule has 7 nitrogen and oxygen atoms in total. The van der Waals surface area contributed by atoms with Gasteiger partial charge in [0.25, 0.3) is 11.9 Å². The van der Waals surface area contributed by atoms with Crippen LogP contribution in [0.25, 0.3) is 0 Å². The number of anilines is 1. The number of hydrogen-bond donors (Lipinski definition) is 2. The van der Waals surface area contributed by atoms with Crippen molar-refractivity contribution in [2.75, 3.05) is 5.32 Å². The molecule has 0 saturated carbocycles. The molecule has 3 N–H and O–H groups in total. The van der Waals surface area contributed by atoms with E-state index in [0.717, 1.165) is 25.3 Å². The second-order valence-electron chi connectivity index (χ2n) is 7.02. The van der Waals surface area contributed by atoms with E-state index in [0.29, 0.717) is 6.07 Å². The number of carbonyl (C=O) groups is 1. The van der Waals surface area contributed by atoms with Crippen molar-refractivity contribution in [3.05, 3.63) is 58.7 Å². The van der Waals surface area contributed by atoms with Gasteiger partial charge in [-0.3, -0.25) is 4.79 Å². The monoisotopic (exact) mass is 457 g/mol. The van der Waals surface area contributed by atoms with E-state index in [1.165, 1.54) is 0 Å². The number of alkyl halides is 3. The molecule has 2 aromatic rings. The molecule has 0 unspecified atom stereocenters. The fraction of sp³-hybridized carbons (Fsp3) is 0.263. The summed E-state index contributed by atoms with van der Waals surface area (Å²) in [5.41, 5.74) is 1.39. The molecule has 168 valence electrons. The Bertz CT molecular complexity index is 1160. The first kappa shape index (κ1) is 22.9. The predicted molar refractivity (Wildman–Crippen MR) is 97.7 cm³/mol. The molecule has 1 aliphatic rings. The SMILES string of the molecule is C[C@@]1(c2cc(NC(=O)c3ncc(C#N)cc3F)cc(F)c2F)C[C@@H](C(F)(F)F)OC(N)=N1. The van der Waals surface area contributed by atoms with Gasteiger partial charge in [-0.25, -0.2) is 23.1 Å². The number of pyridine rings is 1. The summed E-state index contributed by atoms with van der Waals surface area (Å²) in [6, 6.07) is 2.90. The van der Waals surface area contributed by atoms with E-state index >= 15 is 0 Å². The molecule has 0 radical (unpaired) electrons. The van der Waals surface area contributed by atoms with Crippen molar-refractivity contribution in [2.24, 2.45) is 10.7 Å². The van der Waals surface area contributed by atoms with E-state index in [1.807, 2.05) is 0 Å². The maximum atomic E-state index is 14.5. The first-order valence-corrected chi connectivity index (χ1v) is 8.79. The number of benzene rings is 1. The molecule has 1 amide bonds. The van der Waals surface area contributed by atoms with Crippen LogP contribution in [0, 0.1) is 28.8 Å². The highest BCUT2D eigenvalue weighted by Gasteiger charge is 2.50. The maximum absolute atomic E-state index is 14.5. The minimum Gasteiger partial charge on any atom is -0.452 e. The van der Waals surface area contributed by atoms with Gasteiger partial charge < -0.3 is 15.8 Å². The van der Waals surface area contributed by atoms with Crippen molar-refractivity contribution < 1.29 is 35.9 Å². The van der Waals surface area contributed by atoms with Gasteiger partial charge in [-0.2, -0.15) is 18.4 Å². The molecule has 1 aromatic carbocycles. The van der Waals surface area contributed by atoms with Crippen molar-refractivity contribution in [1.82, 2.24) is 4.98 Å². The highest BCUT2D eigenvalue weighted by Crippen LogP contribution is 2.41.